The molecule has 0 radical (unpaired) electrons. The van der Waals surface area contributed by atoms with Crippen molar-refractivity contribution in [2.24, 2.45) is 0 Å². The summed E-state index contributed by atoms with van der Waals surface area (Å²) in [4.78, 5) is 10.5. The van der Waals surface area contributed by atoms with E-state index in [0.717, 1.165) is 5.56 Å². The molecule has 0 saturated carbocycles. The van der Waals surface area contributed by atoms with E-state index in [0.29, 0.717) is 5.56 Å². The molecule has 0 atom stereocenters. The average Bonchev–Trinajstić information content (AvgIpc) is 1.82. The van der Waals surface area contributed by atoms with E-state index >= 15 is 0 Å². The fraction of sp³-hybridized carbons (Fsp3) is 0.222. The highest BCUT2D eigenvalue weighted by Crippen LogP contribution is 2.15. The standard InChI is InChI=1S/C9H9FO2/c1-5-3-6(2)8(9(11)12)7(10)4-5/h3-4H,1-2H3,(H,11,12). The minimum Gasteiger partial charge on any atom is -0.478 e. The van der Waals surface area contributed by atoms with Crippen molar-refractivity contribution < 1.29 is 14.3 Å². The number of benzene rings is 1. The van der Waals surface area contributed by atoms with E-state index in [1.807, 2.05) is 0 Å². The summed E-state index contributed by atoms with van der Waals surface area (Å²) < 4.78 is 13.0. The highest BCUT2D eigenvalue weighted by Gasteiger charge is 2.13. The minimum atomic E-state index is -1.22. The zero-order valence-electron chi connectivity index (χ0n) is 6.89. The van der Waals surface area contributed by atoms with E-state index < -0.39 is 11.8 Å². The van der Waals surface area contributed by atoms with Crippen LogP contribution < -0.4 is 0 Å². The van der Waals surface area contributed by atoms with E-state index in [1.54, 1.807) is 19.9 Å². The van der Waals surface area contributed by atoms with Crippen molar-refractivity contribution in [2.75, 3.05) is 0 Å². The molecule has 3 heteroatoms. The number of aryl methyl sites for hydroxylation is 2. The summed E-state index contributed by atoms with van der Waals surface area (Å²) in [5, 5.41) is 8.60. The zero-order chi connectivity index (χ0) is 9.30. The lowest BCUT2D eigenvalue weighted by molar-refractivity contribution is 0.0691. The molecule has 0 saturated heterocycles. The average molecular weight is 168 g/mol. The van der Waals surface area contributed by atoms with Gasteiger partial charge in [-0.05, 0) is 31.0 Å². The maximum atomic E-state index is 13.0. The number of hydrogen-bond donors (Lipinski definition) is 1. The summed E-state index contributed by atoms with van der Waals surface area (Å²) in [6.45, 7) is 3.31. The molecule has 1 aromatic rings. The van der Waals surface area contributed by atoms with Gasteiger partial charge in [0.15, 0.2) is 0 Å². The molecule has 0 aliphatic carbocycles. The summed E-state index contributed by atoms with van der Waals surface area (Å²) in [6, 6.07) is 2.86. The molecule has 64 valence electrons. The molecule has 12 heavy (non-hydrogen) atoms. The van der Waals surface area contributed by atoms with Crippen molar-refractivity contribution in [3.63, 3.8) is 0 Å². The molecule has 0 unspecified atom stereocenters. The Labute approximate surface area is 69.6 Å². The van der Waals surface area contributed by atoms with Gasteiger partial charge >= 0.3 is 5.97 Å². The molecule has 0 amide bonds. The first kappa shape index (κ1) is 8.71. The van der Waals surface area contributed by atoms with E-state index in [-0.39, 0.29) is 5.56 Å². The van der Waals surface area contributed by atoms with Gasteiger partial charge in [-0.1, -0.05) is 6.07 Å². The Morgan fingerprint density at radius 2 is 2.00 bits per heavy atom. The van der Waals surface area contributed by atoms with Crippen LogP contribution in [0, 0.1) is 19.7 Å². The first-order valence-corrected chi connectivity index (χ1v) is 3.52. The Hall–Kier alpha value is -1.38. The van der Waals surface area contributed by atoms with Crippen molar-refractivity contribution >= 4 is 5.97 Å². The second-order valence-electron chi connectivity index (χ2n) is 2.74. The van der Waals surface area contributed by atoms with Gasteiger partial charge in [-0.2, -0.15) is 0 Å². The Bertz CT molecular complexity index is 308. The normalized spacial score (nSPS) is 9.92. The molecular formula is C9H9FO2. The van der Waals surface area contributed by atoms with Crippen molar-refractivity contribution in [1.29, 1.82) is 0 Å². The van der Waals surface area contributed by atoms with Crippen LogP contribution in [0.2, 0.25) is 0 Å². The van der Waals surface area contributed by atoms with E-state index in [2.05, 4.69) is 0 Å². The first-order valence-electron chi connectivity index (χ1n) is 3.52. The summed E-state index contributed by atoms with van der Waals surface area (Å²) in [6.07, 6.45) is 0. The van der Waals surface area contributed by atoms with Gasteiger partial charge in [-0.3, -0.25) is 0 Å². The van der Waals surface area contributed by atoms with Crippen LogP contribution in [0.5, 0.6) is 0 Å². The Morgan fingerprint density at radius 1 is 1.42 bits per heavy atom. The Kier molecular flexibility index (Phi) is 2.13. The van der Waals surface area contributed by atoms with Crippen LogP contribution in [0.4, 0.5) is 4.39 Å². The van der Waals surface area contributed by atoms with Crippen LogP contribution in [0.25, 0.3) is 0 Å². The first-order chi connectivity index (χ1) is 5.52. The van der Waals surface area contributed by atoms with Crippen molar-refractivity contribution in [3.05, 3.63) is 34.6 Å². The molecule has 0 heterocycles. The fourth-order valence-electron chi connectivity index (χ4n) is 1.19. The second kappa shape index (κ2) is 2.93. The van der Waals surface area contributed by atoms with Crippen molar-refractivity contribution in [2.45, 2.75) is 13.8 Å². The zero-order valence-corrected chi connectivity index (χ0v) is 6.89. The predicted molar refractivity (Wildman–Crippen MR) is 42.8 cm³/mol. The molecule has 1 rings (SSSR count). The van der Waals surface area contributed by atoms with Gasteiger partial charge in [0.25, 0.3) is 0 Å². The van der Waals surface area contributed by atoms with Crippen LogP contribution in [0.15, 0.2) is 12.1 Å². The van der Waals surface area contributed by atoms with Gasteiger partial charge in [0.1, 0.15) is 5.82 Å². The lowest BCUT2D eigenvalue weighted by Crippen LogP contribution is -2.03. The van der Waals surface area contributed by atoms with Crippen molar-refractivity contribution in [1.82, 2.24) is 0 Å². The van der Waals surface area contributed by atoms with Crippen LogP contribution in [0.1, 0.15) is 21.5 Å². The van der Waals surface area contributed by atoms with Gasteiger partial charge in [-0.25, -0.2) is 9.18 Å². The number of carbonyl (C=O) groups is 1. The Morgan fingerprint density at radius 3 is 2.42 bits per heavy atom. The quantitative estimate of drug-likeness (QED) is 0.697. The monoisotopic (exact) mass is 168 g/mol. The molecule has 1 aromatic carbocycles. The van der Waals surface area contributed by atoms with Crippen LogP contribution in [-0.2, 0) is 0 Å². The van der Waals surface area contributed by atoms with Gasteiger partial charge < -0.3 is 5.11 Å². The molecule has 2 nitrogen and oxygen atoms in total. The van der Waals surface area contributed by atoms with E-state index in [4.69, 9.17) is 5.11 Å². The van der Waals surface area contributed by atoms with Gasteiger partial charge in [0.2, 0.25) is 0 Å². The number of rotatable bonds is 1. The van der Waals surface area contributed by atoms with Crippen molar-refractivity contribution in [3.8, 4) is 0 Å². The molecule has 0 spiro atoms. The lowest BCUT2D eigenvalue weighted by atomic mass is 10.1. The molecule has 0 aliphatic rings. The topological polar surface area (TPSA) is 37.3 Å². The maximum absolute atomic E-state index is 13.0. The Balaban J connectivity index is 3.38. The van der Waals surface area contributed by atoms with Gasteiger partial charge in [0, 0.05) is 0 Å². The van der Waals surface area contributed by atoms with Crippen LogP contribution in [0.3, 0.4) is 0 Å². The molecular weight excluding hydrogens is 159 g/mol. The fourth-order valence-corrected chi connectivity index (χ4v) is 1.19. The highest BCUT2D eigenvalue weighted by molar-refractivity contribution is 5.89. The molecule has 0 aliphatic heterocycles. The summed E-state index contributed by atoms with van der Waals surface area (Å²) in [5.74, 6) is -1.88. The van der Waals surface area contributed by atoms with E-state index in [1.165, 1.54) is 6.07 Å². The molecule has 0 bridgehead atoms. The maximum Gasteiger partial charge on any atom is 0.338 e. The summed E-state index contributed by atoms with van der Waals surface area (Å²) >= 11 is 0. The summed E-state index contributed by atoms with van der Waals surface area (Å²) in [5.41, 5.74) is 0.954. The smallest absolute Gasteiger partial charge is 0.338 e. The minimum absolute atomic E-state index is 0.236. The second-order valence-corrected chi connectivity index (χ2v) is 2.74. The molecule has 1 N–H and O–H groups in total. The van der Waals surface area contributed by atoms with Gasteiger partial charge in [0.05, 0.1) is 5.56 Å². The lowest BCUT2D eigenvalue weighted by Gasteiger charge is -2.02. The third-order valence-corrected chi connectivity index (χ3v) is 1.65. The number of carboxylic acids is 1. The number of hydrogen-bond acceptors (Lipinski definition) is 1. The number of carboxylic acid groups (broad SMARTS) is 1. The van der Waals surface area contributed by atoms with Gasteiger partial charge in [-0.15, -0.1) is 0 Å². The molecule has 0 aromatic heterocycles. The van der Waals surface area contributed by atoms with Crippen LogP contribution in [-0.4, -0.2) is 11.1 Å². The number of halogens is 1. The summed E-state index contributed by atoms with van der Waals surface area (Å²) in [7, 11) is 0. The molecule has 0 fully saturated rings. The van der Waals surface area contributed by atoms with Crippen LogP contribution >= 0.6 is 0 Å². The predicted octanol–water partition coefficient (Wildman–Crippen LogP) is 2.14. The van der Waals surface area contributed by atoms with E-state index in [9.17, 15) is 9.18 Å². The highest BCUT2D eigenvalue weighted by atomic mass is 19.1. The largest absolute Gasteiger partial charge is 0.478 e. The number of aromatic carboxylic acids is 1. The third kappa shape index (κ3) is 1.44. The third-order valence-electron chi connectivity index (χ3n) is 1.65. The SMILES string of the molecule is Cc1cc(C)c(C(=O)O)c(F)c1.